The van der Waals surface area contributed by atoms with Gasteiger partial charge in [-0.05, 0) is 91.7 Å². The van der Waals surface area contributed by atoms with Crippen molar-refractivity contribution in [2.24, 2.45) is 0 Å². The average Bonchev–Trinajstić information content (AvgIpc) is 3.11. The molecule has 4 aromatic rings. The molecule has 1 aromatic heterocycles. The lowest BCUT2D eigenvalue weighted by atomic mass is 9.84. The van der Waals surface area contributed by atoms with Gasteiger partial charge in [-0.25, -0.2) is 0 Å². The van der Waals surface area contributed by atoms with Crippen LogP contribution in [0.1, 0.15) is 46.6 Å². The van der Waals surface area contributed by atoms with E-state index >= 15 is 0 Å². The van der Waals surface area contributed by atoms with Crippen LogP contribution in [0.2, 0.25) is 5.02 Å². The fourth-order valence-corrected chi connectivity index (χ4v) is 5.64. The quantitative estimate of drug-likeness (QED) is 0.314. The van der Waals surface area contributed by atoms with E-state index in [1.807, 2.05) is 6.07 Å². The molecule has 0 N–H and O–H groups in total. The molecule has 0 aliphatic carbocycles. The molecule has 2 nitrogen and oxygen atoms in total. The van der Waals surface area contributed by atoms with Crippen LogP contribution >= 0.6 is 11.6 Å². The number of piperidine rings is 1. The van der Waals surface area contributed by atoms with Crippen LogP contribution in [0, 0.1) is 13.8 Å². The van der Waals surface area contributed by atoms with Crippen molar-refractivity contribution in [3.63, 3.8) is 0 Å². The molecular formula is C29H31ClN2. The van der Waals surface area contributed by atoms with Gasteiger partial charge in [0, 0.05) is 35.2 Å². The van der Waals surface area contributed by atoms with E-state index in [4.69, 9.17) is 11.6 Å². The van der Waals surface area contributed by atoms with E-state index in [1.54, 1.807) is 5.56 Å². The van der Waals surface area contributed by atoms with Gasteiger partial charge in [0.1, 0.15) is 0 Å². The maximum absolute atomic E-state index is 6.40. The fourth-order valence-electron chi connectivity index (χ4n) is 5.47. The molecule has 0 atom stereocenters. The Morgan fingerprint density at radius 2 is 1.56 bits per heavy atom. The van der Waals surface area contributed by atoms with E-state index in [2.05, 4.69) is 90.2 Å². The fraction of sp³-hybridized carbons (Fsp3) is 0.310. The summed E-state index contributed by atoms with van der Waals surface area (Å²) in [6.07, 6.45) is 4.80. The zero-order valence-corrected chi connectivity index (χ0v) is 19.8. The summed E-state index contributed by atoms with van der Waals surface area (Å²) in [6.45, 7) is 8.68. The smallest absolute Gasteiger partial charge is 0.0487 e. The Bertz CT molecular complexity index is 1200. The lowest BCUT2D eigenvalue weighted by molar-refractivity contribution is 0.205. The van der Waals surface area contributed by atoms with Crippen LogP contribution in [0.25, 0.3) is 10.9 Å². The Morgan fingerprint density at radius 3 is 2.28 bits per heavy atom. The second kappa shape index (κ2) is 9.13. The molecular weight excluding hydrogens is 412 g/mol. The van der Waals surface area contributed by atoms with E-state index in [-0.39, 0.29) is 0 Å². The predicted molar refractivity (Wildman–Crippen MR) is 136 cm³/mol. The average molecular weight is 443 g/mol. The molecule has 0 unspecified atom stereocenters. The zero-order chi connectivity index (χ0) is 22.1. The van der Waals surface area contributed by atoms with Crippen molar-refractivity contribution in [2.75, 3.05) is 13.1 Å². The van der Waals surface area contributed by atoms with Crippen molar-refractivity contribution in [1.29, 1.82) is 0 Å². The number of hydrogen-bond donors (Lipinski definition) is 0. The van der Waals surface area contributed by atoms with Crippen LogP contribution in [0.5, 0.6) is 0 Å². The van der Waals surface area contributed by atoms with Crippen molar-refractivity contribution in [3.05, 3.63) is 106 Å². The van der Waals surface area contributed by atoms with Gasteiger partial charge >= 0.3 is 0 Å². The van der Waals surface area contributed by atoms with Crippen LogP contribution < -0.4 is 0 Å². The maximum atomic E-state index is 6.40. The summed E-state index contributed by atoms with van der Waals surface area (Å²) < 4.78 is 2.37. The normalized spacial score (nSPS) is 15.5. The van der Waals surface area contributed by atoms with E-state index in [1.165, 1.54) is 46.0 Å². The first-order chi connectivity index (χ1) is 15.6. The minimum absolute atomic E-state index is 0.682. The highest BCUT2D eigenvalue weighted by Crippen LogP contribution is 2.34. The minimum atomic E-state index is 0.682. The third-order valence-electron chi connectivity index (χ3n) is 7.05. The Morgan fingerprint density at radius 1 is 0.844 bits per heavy atom. The van der Waals surface area contributed by atoms with Crippen molar-refractivity contribution < 1.29 is 0 Å². The van der Waals surface area contributed by atoms with Crippen LogP contribution in [0.3, 0.4) is 0 Å². The first-order valence-electron chi connectivity index (χ1n) is 11.7. The monoisotopic (exact) mass is 442 g/mol. The number of benzene rings is 3. The highest BCUT2D eigenvalue weighted by molar-refractivity contribution is 6.31. The minimum Gasteiger partial charge on any atom is -0.343 e. The summed E-state index contributed by atoms with van der Waals surface area (Å²) in [5.74, 6) is 0.682. The van der Waals surface area contributed by atoms with Gasteiger partial charge in [0.15, 0.2) is 0 Å². The van der Waals surface area contributed by atoms with E-state index in [0.29, 0.717) is 5.92 Å². The molecule has 3 heteroatoms. The van der Waals surface area contributed by atoms with Gasteiger partial charge in [-0.1, -0.05) is 60.1 Å². The highest BCUT2D eigenvalue weighted by atomic mass is 35.5. The number of rotatable bonds is 5. The molecule has 164 valence electrons. The summed E-state index contributed by atoms with van der Waals surface area (Å²) in [5, 5.41) is 2.09. The summed E-state index contributed by atoms with van der Waals surface area (Å²) >= 11 is 6.40. The van der Waals surface area contributed by atoms with Crippen LogP contribution in [0.4, 0.5) is 0 Å². The van der Waals surface area contributed by atoms with Gasteiger partial charge in [-0.2, -0.15) is 0 Å². The third-order valence-corrected chi connectivity index (χ3v) is 7.29. The van der Waals surface area contributed by atoms with Gasteiger partial charge in [-0.15, -0.1) is 0 Å². The Labute approximate surface area is 196 Å². The molecule has 2 heterocycles. The number of aromatic nitrogens is 1. The number of nitrogens with zero attached hydrogens (tertiary/aromatic N) is 2. The molecule has 0 bridgehead atoms. The van der Waals surface area contributed by atoms with Crippen molar-refractivity contribution >= 4 is 22.5 Å². The standard InChI is InChI=1S/C29H31ClN2/c1-21-7-6-8-22(2)29(21)24-13-15-31(16-14-24)19-25-20-32(18-23-9-4-3-5-10-23)28-12-11-26(30)17-27(25)28/h3-12,17,20,24H,13-16,18-19H2,1-2H3. The third kappa shape index (κ3) is 4.35. The number of hydrogen-bond acceptors (Lipinski definition) is 1. The molecule has 3 aromatic carbocycles. The molecule has 0 saturated carbocycles. The van der Waals surface area contributed by atoms with Gasteiger partial charge in [0.25, 0.3) is 0 Å². The Hall–Kier alpha value is -2.55. The Kier molecular flexibility index (Phi) is 6.08. The summed E-state index contributed by atoms with van der Waals surface area (Å²) in [5.41, 5.74) is 8.44. The highest BCUT2D eigenvalue weighted by Gasteiger charge is 2.24. The first-order valence-corrected chi connectivity index (χ1v) is 12.1. The lowest BCUT2D eigenvalue weighted by Crippen LogP contribution is -2.32. The first kappa shape index (κ1) is 21.3. The molecule has 1 saturated heterocycles. The molecule has 0 spiro atoms. The summed E-state index contributed by atoms with van der Waals surface area (Å²) in [6, 6.07) is 23.7. The molecule has 1 aliphatic heterocycles. The van der Waals surface area contributed by atoms with Crippen molar-refractivity contribution in [2.45, 2.75) is 45.7 Å². The summed E-state index contributed by atoms with van der Waals surface area (Å²) in [4.78, 5) is 2.62. The number of likely N-dealkylation sites (tertiary alicyclic amines) is 1. The van der Waals surface area contributed by atoms with Gasteiger partial charge in [0.2, 0.25) is 0 Å². The van der Waals surface area contributed by atoms with Crippen molar-refractivity contribution in [3.8, 4) is 0 Å². The van der Waals surface area contributed by atoms with Gasteiger partial charge < -0.3 is 4.57 Å². The second-order valence-electron chi connectivity index (χ2n) is 9.29. The molecule has 0 radical (unpaired) electrons. The van der Waals surface area contributed by atoms with Crippen LogP contribution in [-0.2, 0) is 13.1 Å². The Balaban J connectivity index is 1.35. The van der Waals surface area contributed by atoms with Crippen LogP contribution in [0.15, 0.2) is 72.9 Å². The molecule has 1 fully saturated rings. The maximum Gasteiger partial charge on any atom is 0.0487 e. The summed E-state index contributed by atoms with van der Waals surface area (Å²) in [7, 11) is 0. The SMILES string of the molecule is Cc1cccc(C)c1C1CCN(Cc2cn(Cc3ccccc3)c3ccc(Cl)cc23)CC1. The largest absolute Gasteiger partial charge is 0.343 e. The number of halogens is 1. The second-order valence-corrected chi connectivity index (χ2v) is 9.72. The van der Waals surface area contributed by atoms with E-state index in [0.717, 1.165) is 31.2 Å². The lowest BCUT2D eigenvalue weighted by Gasteiger charge is -2.33. The zero-order valence-electron chi connectivity index (χ0n) is 19.0. The van der Waals surface area contributed by atoms with E-state index in [9.17, 15) is 0 Å². The molecule has 1 aliphatic rings. The molecule has 32 heavy (non-hydrogen) atoms. The van der Waals surface area contributed by atoms with E-state index < -0.39 is 0 Å². The molecule has 5 rings (SSSR count). The number of fused-ring (bicyclic) bond motifs is 1. The predicted octanol–water partition coefficient (Wildman–Crippen LogP) is 7.34. The van der Waals surface area contributed by atoms with Crippen molar-refractivity contribution in [1.82, 2.24) is 9.47 Å². The molecule has 0 amide bonds. The van der Waals surface area contributed by atoms with Gasteiger partial charge in [-0.3, -0.25) is 4.90 Å². The number of aryl methyl sites for hydroxylation is 2. The van der Waals surface area contributed by atoms with Gasteiger partial charge in [0.05, 0.1) is 0 Å². The van der Waals surface area contributed by atoms with Crippen LogP contribution in [-0.4, -0.2) is 22.6 Å². The topological polar surface area (TPSA) is 8.17 Å².